The van der Waals surface area contributed by atoms with Crippen molar-refractivity contribution in [1.29, 1.82) is 0 Å². The van der Waals surface area contributed by atoms with Gasteiger partial charge in [0.1, 0.15) is 0 Å². The summed E-state index contributed by atoms with van der Waals surface area (Å²) >= 11 is 0. The Hall–Kier alpha value is -1.69. The van der Waals surface area contributed by atoms with Gasteiger partial charge in [-0.1, -0.05) is 60.7 Å². The molecule has 0 heterocycles. The Labute approximate surface area is 139 Å². The Morgan fingerprint density at radius 1 is 0.652 bits per heavy atom. The van der Waals surface area contributed by atoms with Crippen molar-refractivity contribution in [1.82, 2.24) is 0 Å². The molecule has 2 rings (SSSR count). The molecular weight excluding hydrogens is 312 g/mol. The molecule has 2 aromatic rings. The first-order valence-electron chi connectivity index (χ1n) is 7.52. The largest absolute Gasteiger partial charge is 0.400 e. The zero-order valence-corrected chi connectivity index (χ0v) is 14.8. The molecule has 0 N–H and O–H groups in total. The Morgan fingerprint density at radius 2 is 0.957 bits per heavy atom. The summed E-state index contributed by atoms with van der Waals surface area (Å²) in [5.74, 6) is 0. The third-order valence-corrected chi connectivity index (χ3v) is 3.74. The zero-order chi connectivity index (χ0) is 17.3. The van der Waals surface area contributed by atoms with Crippen molar-refractivity contribution in [3.63, 3.8) is 0 Å². The molecule has 2 aromatic carbocycles. The number of hydrogen-bond acceptors (Lipinski definition) is 4. The monoisotopic (exact) mass is 336 g/mol. The maximum Gasteiger partial charge on any atom is 0.400 e. The molecule has 0 aliphatic heterocycles. The summed E-state index contributed by atoms with van der Waals surface area (Å²) in [6, 6.07) is 20.8. The van der Waals surface area contributed by atoms with Crippen LogP contribution in [0.2, 0.25) is 0 Å². The van der Waals surface area contributed by atoms with E-state index in [9.17, 15) is 8.42 Å². The van der Waals surface area contributed by atoms with E-state index >= 15 is 0 Å². The van der Waals surface area contributed by atoms with Crippen molar-refractivity contribution in [2.24, 2.45) is 0 Å². The van der Waals surface area contributed by atoms with Crippen molar-refractivity contribution in [3.05, 3.63) is 60.7 Å². The van der Waals surface area contributed by atoms with E-state index in [1.807, 2.05) is 12.1 Å². The Kier molecular flexibility index (Phi) is 7.95. The first-order chi connectivity index (χ1) is 10.8. The lowest BCUT2D eigenvalue weighted by Gasteiger charge is -2.09. The number of rotatable bonds is 5. The third kappa shape index (κ3) is 8.50. The quantitative estimate of drug-likeness (QED) is 0.810. The summed E-state index contributed by atoms with van der Waals surface area (Å²) < 4.78 is 30.6. The molecule has 0 saturated carbocycles. The van der Waals surface area contributed by atoms with E-state index in [2.05, 4.69) is 56.9 Å². The van der Waals surface area contributed by atoms with Gasteiger partial charge in [-0.05, 0) is 38.8 Å². The van der Waals surface area contributed by atoms with Gasteiger partial charge in [0, 0.05) is 0 Å². The minimum absolute atomic E-state index is 0.376. The van der Waals surface area contributed by atoms with E-state index < -0.39 is 10.4 Å². The van der Waals surface area contributed by atoms with Gasteiger partial charge in [0.15, 0.2) is 0 Å². The van der Waals surface area contributed by atoms with E-state index in [1.54, 1.807) is 27.7 Å². The average Bonchev–Trinajstić information content (AvgIpc) is 2.47. The highest BCUT2D eigenvalue weighted by Crippen LogP contribution is 2.17. The molecule has 126 valence electrons. The van der Waals surface area contributed by atoms with Crippen LogP contribution in [0.1, 0.15) is 27.7 Å². The topological polar surface area (TPSA) is 52.6 Å². The van der Waals surface area contributed by atoms with Crippen LogP contribution in [0, 0.1) is 0 Å². The molecule has 0 unspecified atom stereocenters. The summed E-state index contributed by atoms with van der Waals surface area (Å²) in [6.45, 7) is 6.50. The molecule has 5 heteroatoms. The molecule has 23 heavy (non-hydrogen) atoms. The van der Waals surface area contributed by atoms with Crippen molar-refractivity contribution < 1.29 is 16.8 Å². The highest BCUT2D eigenvalue weighted by Gasteiger charge is 2.15. The van der Waals surface area contributed by atoms with Gasteiger partial charge in [0.25, 0.3) is 0 Å². The smallest absolute Gasteiger partial charge is 0.245 e. The van der Waals surface area contributed by atoms with Crippen molar-refractivity contribution in [3.8, 4) is 11.1 Å². The lowest BCUT2D eigenvalue weighted by atomic mass is 10.1. The van der Waals surface area contributed by atoms with Crippen molar-refractivity contribution in [2.45, 2.75) is 39.9 Å². The second-order valence-electron chi connectivity index (χ2n) is 5.43. The van der Waals surface area contributed by atoms with Crippen molar-refractivity contribution in [2.75, 3.05) is 0 Å². The summed E-state index contributed by atoms with van der Waals surface area (Å²) in [7, 11) is -3.78. The molecule has 0 amide bonds. The van der Waals surface area contributed by atoms with Crippen LogP contribution in [0.4, 0.5) is 0 Å². The minimum atomic E-state index is -3.78. The van der Waals surface area contributed by atoms with E-state index in [0.29, 0.717) is 0 Å². The molecule has 0 aliphatic rings. The standard InChI is InChI=1S/C12H10.C6H14O4S/c1-3-7-11(8-4-1)12-9-5-2-6-10-12;1-5(2)9-11(7,8)10-6(3)4/h1-10H;5-6H,1-4H3. The van der Waals surface area contributed by atoms with Gasteiger partial charge in [-0.25, -0.2) is 8.37 Å². The van der Waals surface area contributed by atoms with Crippen LogP contribution >= 0.6 is 0 Å². The minimum Gasteiger partial charge on any atom is -0.245 e. The molecule has 0 spiro atoms. The van der Waals surface area contributed by atoms with E-state index in [0.717, 1.165) is 0 Å². The average molecular weight is 336 g/mol. The van der Waals surface area contributed by atoms with Gasteiger partial charge < -0.3 is 0 Å². The molecule has 0 aliphatic carbocycles. The number of benzene rings is 2. The molecular formula is C18H24O4S. The summed E-state index contributed by atoms with van der Waals surface area (Å²) in [5.41, 5.74) is 2.55. The highest BCUT2D eigenvalue weighted by molar-refractivity contribution is 7.81. The number of hydrogen-bond donors (Lipinski definition) is 0. The normalized spacial score (nSPS) is 11.2. The maximum absolute atomic E-state index is 10.8. The predicted molar refractivity (Wildman–Crippen MR) is 93.2 cm³/mol. The Balaban J connectivity index is 0.000000232. The molecule has 0 fully saturated rings. The van der Waals surface area contributed by atoms with E-state index in [1.165, 1.54) is 11.1 Å². The molecule has 0 bridgehead atoms. The predicted octanol–water partition coefficient (Wildman–Crippen LogP) is 4.43. The van der Waals surface area contributed by atoms with Gasteiger partial charge in [-0.2, -0.15) is 8.42 Å². The molecule has 0 atom stereocenters. The van der Waals surface area contributed by atoms with Gasteiger partial charge in [-0.15, -0.1) is 0 Å². The molecule has 4 nitrogen and oxygen atoms in total. The van der Waals surface area contributed by atoms with Crippen molar-refractivity contribution >= 4 is 10.4 Å². The summed E-state index contributed by atoms with van der Waals surface area (Å²) in [5, 5.41) is 0. The first kappa shape index (κ1) is 19.4. The van der Waals surface area contributed by atoms with Crippen LogP contribution in [-0.2, 0) is 18.8 Å². The van der Waals surface area contributed by atoms with E-state index in [4.69, 9.17) is 0 Å². The van der Waals surface area contributed by atoms with Gasteiger partial charge in [0.05, 0.1) is 12.2 Å². The molecule has 0 radical (unpaired) electrons. The van der Waals surface area contributed by atoms with Crippen LogP contribution in [0.3, 0.4) is 0 Å². The first-order valence-corrected chi connectivity index (χ1v) is 8.85. The van der Waals surface area contributed by atoms with Gasteiger partial charge >= 0.3 is 10.4 Å². The van der Waals surface area contributed by atoms with E-state index in [-0.39, 0.29) is 12.2 Å². The SMILES string of the molecule is CC(C)OS(=O)(=O)OC(C)C.c1ccc(-c2ccccc2)cc1. The maximum atomic E-state index is 10.8. The zero-order valence-electron chi connectivity index (χ0n) is 14.0. The Bertz CT molecular complexity index is 596. The van der Waals surface area contributed by atoms with Crippen LogP contribution in [0.5, 0.6) is 0 Å². The lowest BCUT2D eigenvalue weighted by Crippen LogP contribution is -2.18. The van der Waals surface area contributed by atoms with Crippen LogP contribution in [0.15, 0.2) is 60.7 Å². The fourth-order valence-electron chi connectivity index (χ4n) is 1.76. The second kappa shape index (κ2) is 9.45. The summed E-state index contributed by atoms with van der Waals surface area (Å²) in [6.07, 6.45) is -0.752. The Morgan fingerprint density at radius 3 is 1.22 bits per heavy atom. The van der Waals surface area contributed by atoms with Crippen LogP contribution in [0.25, 0.3) is 11.1 Å². The lowest BCUT2D eigenvalue weighted by molar-refractivity contribution is 0.153. The van der Waals surface area contributed by atoms with Gasteiger partial charge in [-0.3, -0.25) is 0 Å². The van der Waals surface area contributed by atoms with Crippen LogP contribution < -0.4 is 0 Å². The summed E-state index contributed by atoms with van der Waals surface area (Å²) in [4.78, 5) is 0. The molecule has 0 saturated heterocycles. The second-order valence-corrected chi connectivity index (χ2v) is 6.63. The fourth-order valence-corrected chi connectivity index (χ4v) is 2.74. The van der Waals surface area contributed by atoms with Crippen LogP contribution in [-0.4, -0.2) is 20.6 Å². The molecule has 0 aromatic heterocycles. The fraction of sp³-hybridized carbons (Fsp3) is 0.333. The third-order valence-electron chi connectivity index (χ3n) is 2.50. The van der Waals surface area contributed by atoms with Gasteiger partial charge in [0.2, 0.25) is 0 Å². The highest BCUT2D eigenvalue weighted by atomic mass is 32.3.